The minimum Gasteiger partial charge on any atom is -0.338 e. The van der Waals surface area contributed by atoms with Crippen molar-refractivity contribution in [3.05, 3.63) is 33.3 Å². The summed E-state index contributed by atoms with van der Waals surface area (Å²) in [4.78, 5) is 14.1. The number of hydrogen-bond donors (Lipinski definition) is 1. The summed E-state index contributed by atoms with van der Waals surface area (Å²) in [6.45, 7) is 2.14. The second kappa shape index (κ2) is 5.38. The molecule has 0 aromatic heterocycles. The first-order valence-corrected chi connectivity index (χ1v) is 6.73. The third-order valence-electron chi connectivity index (χ3n) is 3.07. The van der Waals surface area contributed by atoms with E-state index in [-0.39, 0.29) is 5.91 Å². The van der Waals surface area contributed by atoms with E-state index in [1.54, 1.807) is 12.1 Å². The number of carbonyl (C=O) groups is 1. The molecule has 0 bridgehead atoms. The number of nitrogens with two attached hydrogens (primary N) is 1. The average molecular weight is 318 g/mol. The van der Waals surface area contributed by atoms with Gasteiger partial charge in [-0.25, -0.2) is 0 Å². The van der Waals surface area contributed by atoms with Crippen LogP contribution in [-0.2, 0) is 0 Å². The Hall–Kier alpha value is -0.580. The monoisotopic (exact) mass is 316 g/mol. The first-order chi connectivity index (χ1) is 8.11. The Morgan fingerprint density at radius 2 is 2.35 bits per heavy atom. The predicted molar refractivity (Wildman–Crippen MR) is 72.2 cm³/mol. The molecule has 2 rings (SSSR count). The predicted octanol–water partition coefficient (Wildman–Crippen LogP) is 2.52. The Morgan fingerprint density at radius 3 is 3.00 bits per heavy atom. The maximum Gasteiger partial charge on any atom is 0.255 e. The van der Waals surface area contributed by atoms with Gasteiger partial charge in [0.1, 0.15) is 0 Å². The molecule has 0 radical (unpaired) electrons. The number of amides is 1. The molecule has 1 aromatic rings. The highest BCUT2D eigenvalue weighted by atomic mass is 79.9. The van der Waals surface area contributed by atoms with Gasteiger partial charge in [-0.1, -0.05) is 27.5 Å². The van der Waals surface area contributed by atoms with E-state index >= 15 is 0 Å². The lowest BCUT2D eigenvalue weighted by molar-refractivity contribution is 0.0788. The van der Waals surface area contributed by atoms with Crippen LogP contribution in [0.1, 0.15) is 16.8 Å². The Labute approximate surface area is 114 Å². The van der Waals surface area contributed by atoms with Gasteiger partial charge in [-0.3, -0.25) is 4.79 Å². The van der Waals surface area contributed by atoms with Crippen LogP contribution in [0.4, 0.5) is 0 Å². The Bertz CT molecular complexity index is 439. The number of nitrogens with zero attached hydrogens (tertiary/aromatic N) is 1. The van der Waals surface area contributed by atoms with Gasteiger partial charge in [0, 0.05) is 17.6 Å². The molecule has 17 heavy (non-hydrogen) atoms. The van der Waals surface area contributed by atoms with E-state index in [9.17, 15) is 4.79 Å². The summed E-state index contributed by atoms with van der Waals surface area (Å²) < 4.78 is 0.861. The van der Waals surface area contributed by atoms with Crippen LogP contribution in [-0.4, -0.2) is 30.4 Å². The Morgan fingerprint density at radius 1 is 1.59 bits per heavy atom. The van der Waals surface area contributed by atoms with E-state index in [4.69, 9.17) is 17.3 Å². The highest BCUT2D eigenvalue weighted by Gasteiger charge is 2.27. The minimum atomic E-state index is -0.00718. The summed E-state index contributed by atoms with van der Waals surface area (Å²) in [6, 6.07) is 5.32. The van der Waals surface area contributed by atoms with Gasteiger partial charge in [-0.2, -0.15) is 0 Å². The van der Waals surface area contributed by atoms with Crippen LogP contribution in [0, 0.1) is 5.92 Å². The summed E-state index contributed by atoms with van der Waals surface area (Å²) >= 11 is 9.40. The zero-order valence-electron chi connectivity index (χ0n) is 9.33. The average Bonchev–Trinajstić information content (AvgIpc) is 2.80. The zero-order valence-corrected chi connectivity index (χ0v) is 11.7. The molecule has 5 heteroatoms. The summed E-state index contributed by atoms with van der Waals surface area (Å²) in [5.41, 5.74) is 6.17. The number of hydrogen-bond acceptors (Lipinski definition) is 2. The lowest BCUT2D eigenvalue weighted by atomic mass is 10.1. The number of likely N-dealkylation sites (tertiary alicyclic amines) is 1. The van der Waals surface area contributed by atoms with Gasteiger partial charge in [0.25, 0.3) is 5.91 Å². The molecule has 2 N–H and O–H groups in total. The summed E-state index contributed by atoms with van der Waals surface area (Å²) in [7, 11) is 0. The van der Waals surface area contributed by atoms with E-state index in [1.807, 2.05) is 11.0 Å². The molecular formula is C12H14BrClN2O. The van der Waals surface area contributed by atoms with Gasteiger partial charge < -0.3 is 10.6 Å². The van der Waals surface area contributed by atoms with Gasteiger partial charge in [0.15, 0.2) is 0 Å². The van der Waals surface area contributed by atoms with Crippen LogP contribution in [0.15, 0.2) is 22.7 Å². The standard InChI is InChI=1S/C12H14BrClN2O/c13-9-1-2-11(14)10(5-9)12(17)16-4-3-8(6-15)7-16/h1-2,5,8H,3-4,6-7,15H2/t8-/m1/s1. The molecule has 3 nitrogen and oxygen atoms in total. The molecule has 1 atom stereocenters. The summed E-state index contributed by atoms with van der Waals surface area (Å²) in [5, 5.41) is 0.495. The van der Waals surface area contributed by atoms with E-state index in [1.165, 1.54) is 0 Å². The summed E-state index contributed by atoms with van der Waals surface area (Å²) in [5.74, 6) is 0.414. The minimum absolute atomic E-state index is 0.00718. The first-order valence-electron chi connectivity index (χ1n) is 5.56. The van der Waals surface area contributed by atoms with Crippen molar-refractivity contribution in [1.82, 2.24) is 4.90 Å². The largest absolute Gasteiger partial charge is 0.338 e. The fourth-order valence-electron chi connectivity index (χ4n) is 2.04. The fourth-order valence-corrected chi connectivity index (χ4v) is 2.60. The van der Waals surface area contributed by atoms with Crippen molar-refractivity contribution in [3.63, 3.8) is 0 Å². The molecular weight excluding hydrogens is 304 g/mol. The SMILES string of the molecule is NC[C@H]1CCN(C(=O)c2cc(Br)ccc2Cl)C1. The molecule has 0 saturated carbocycles. The van der Waals surface area contributed by atoms with E-state index in [0.29, 0.717) is 23.0 Å². The van der Waals surface area contributed by atoms with Crippen molar-refractivity contribution in [2.24, 2.45) is 11.7 Å². The number of rotatable bonds is 2. The molecule has 1 fully saturated rings. The highest BCUT2D eigenvalue weighted by Crippen LogP contribution is 2.25. The third-order valence-corrected chi connectivity index (χ3v) is 3.89. The molecule has 1 aliphatic rings. The second-order valence-electron chi connectivity index (χ2n) is 4.27. The van der Waals surface area contributed by atoms with Crippen molar-refractivity contribution in [1.29, 1.82) is 0 Å². The van der Waals surface area contributed by atoms with E-state index in [0.717, 1.165) is 24.0 Å². The zero-order chi connectivity index (χ0) is 12.4. The van der Waals surface area contributed by atoms with Gasteiger partial charge >= 0.3 is 0 Å². The topological polar surface area (TPSA) is 46.3 Å². The van der Waals surface area contributed by atoms with Crippen LogP contribution in [0.5, 0.6) is 0 Å². The molecule has 0 spiro atoms. The van der Waals surface area contributed by atoms with Crippen LogP contribution < -0.4 is 5.73 Å². The van der Waals surface area contributed by atoms with Crippen molar-refractivity contribution in [2.75, 3.05) is 19.6 Å². The van der Waals surface area contributed by atoms with Gasteiger partial charge in [-0.05, 0) is 37.1 Å². The maximum atomic E-state index is 12.3. The van der Waals surface area contributed by atoms with Crippen molar-refractivity contribution in [2.45, 2.75) is 6.42 Å². The molecule has 1 aliphatic heterocycles. The van der Waals surface area contributed by atoms with Gasteiger partial charge in [0.2, 0.25) is 0 Å². The highest BCUT2D eigenvalue weighted by molar-refractivity contribution is 9.10. The molecule has 1 saturated heterocycles. The second-order valence-corrected chi connectivity index (χ2v) is 5.59. The Balaban J connectivity index is 2.17. The third kappa shape index (κ3) is 2.81. The van der Waals surface area contributed by atoms with Crippen LogP contribution in [0.25, 0.3) is 0 Å². The Kier molecular flexibility index (Phi) is 4.07. The van der Waals surface area contributed by atoms with Crippen LogP contribution >= 0.6 is 27.5 Å². The quantitative estimate of drug-likeness (QED) is 0.911. The molecule has 0 aliphatic carbocycles. The number of benzene rings is 1. The first kappa shape index (κ1) is 12.9. The van der Waals surface area contributed by atoms with Gasteiger partial charge in [0.05, 0.1) is 10.6 Å². The van der Waals surface area contributed by atoms with Crippen LogP contribution in [0.2, 0.25) is 5.02 Å². The maximum absolute atomic E-state index is 12.3. The number of halogens is 2. The lowest BCUT2D eigenvalue weighted by Crippen LogP contribution is -2.30. The van der Waals surface area contributed by atoms with Crippen molar-refractivity contribution >= 4 is 33.4 Å². The summed E-state index contributed by atoms with van der Waals surface area (Å²) in [6.07, 6.45) is 0.980. The number of carbonyl (C=O) groups excluding carboxylic acids is 1. The van der Waals surface area contributed by atoms with E-state index in [2.05, 4.69) is 15.9 Å². The van der Waals surface area contributed by atoms with Gasteiger partial charge in [-0.15, -0.1) is 0 Å². The van der Waals surface area contributed by atoms with Crippen molar-refractivity contribution in [3.8, 4) is 0 Å². The van der Waals surface area contributed by atoms with Crippen LogP contribution in [0.3, 0.4) is 0 Å². The fraction of sp³-hybridized carbons (Fsp3) is 0.417. The lowest BCUT2D eigenvalue weighted by Gasteiger charge is -2.17. The molecule has 0 unspecified atom stereocenters. The normalized spacial score (nSPS) is 19.7. The smallest absolute Gasteiger partial charge is 0.255 e. The molecule has 1 amide bonds. The van der Waals surface area contributed by atoms with E-state index < -0.39 is 0 Å². The van der Waals surface area contributed by atoms with Crippen molar-refractivity contribution < 1.29 is 4.79 Å². The molecule has 1 heterocycles. The molecule has 1 aromatic carbocycles. The molecule has 92 valence electrons.